The molecular formula is C28H23F6N7O4. The van der Waals surface area contributed by atoms with Crippen molar-refractivity contribution in [3.63, 3.8) is 0 Å². The number of rotatable bonds is 9. The largest absolute Gasteiger partial charge is 0.522 e. The van der Waals surface area contributed by atoms with Gasteiger partial charge in [0.05, 0.1) is 54.7 Å². The van der Waals surface area contributed by atoms with E-state index >= 15 is 0 Å². The summed E-state index contributed by atoms with van der Waals surface area (Å²) in [6, 6.07) is 2.98. The Balaban J connectivity index is 1.49. The quantitative estimate of drug-likeness (QED) is 0.262. The van der Waals surface area contributed by atoms with Gasteiger partial charge in [-0.1, -0.05) is 6.07 Å². The van der Waals surface area contributed by atoms with Crippen molar-refractivity contribution in [2.45, 2.75) is 51.2 Å². The van der Waals surface area contributed by atoms with Crippen LogP contribution in [0.1, 0.15) is 47.7 Å². The van der Waals surface area contributed by atoms with Crippen molar-refractivity contribution in [1.82, 2.24) is 24.7 Å². The number of amides is 2. The van der Waals surface area contributed by atoms with Crippen LogP contribution in [0.3, 0.4) is 0 Å². The predicted octanol–water partition coefficient (Wildman–Crippen LogP) is 4.69. The first-order valence-electron chi connectivity index (χ1n) is 13.6. The number of halogens is 6. The van der Waals surface area contributed by atoms with Gasteiger partial charge in [-0.25, -0.2) is 24.0 Å². The molecule has 1 aliphatic heterocycles. The molecule has 3 aromatic heterocycles. The minimum Gasteiger partial charge on any atom is -0.423 e. The molecule has 0 radical (unpaired) electrons. The van der Waals surface area contributed by atoms with Crippen LogP contribution in [-0.4, -0.2) is 55.6 Å². The van der Waals surface area contributed by atoms with Gasteiger partial charge in [0.15, 0.2) is 17.2 Å². The van der Waals surface area contributed by atoms with Crippen molar-refractivity contribution in [3.8, 4) is 16.9 Å². The normalized spacial score (nSPS) is 16.9. The zero-order valence-electron chi connectivity index (χ0n) is 23.3. The number of nitrogens with two attached hydrogens (primary N) is 1. The summed E-state index contributed by atoms with van der Waals surface area (Å²) >= 11 is 0. The number of fused-ring (bicyclic) bond motifs is 2. The lowest BCUT2D eigenvalue weighted by Gasteiger charge is -2.33. The number of aromatic nitrogens is 5. The Morgan fingerprint density at radius 2 is 1.91 bits per heavy atom. The molecule has 17 heteroatoms. The third kappa shape index (κ3) is 5.99. The van der Waals surface area contributed by atoms with E-state index in [0.717, 1.165) is 25.2 Å². The topological polar surface area (TPSA) is 138 Å². The predicted molar refractivity (Wildman–Crippen MR) is 143 cm³/mol. The SMILES string of the molecule is C[C@H](COC(F)(F)F)n1ncc2c(-c3ccc4c(c3)OC(F)(F)C(=O)N4Cc3ncc(F)cn3)c(C(N)=O)c(CC3CC3)nc21. The molecule has 1 fully saturated rings. The van der Waals surface area contributed by atoms with Crippen LogP contribution in [0.15, 0.2) is 36.8 Å². The van der Waals surface area contributed by atoms with Gasteiger partial charge >= 0.3 is 18.4 Å². The van der Waals surface area contributed by atoms with Crippen LogP contribution in [-0.2, 0) is 22.5 Å². The van der Waals surface area contributed by atoms with Gasteiger partial charge in [0, 0.05) is 10.9 Å². The second kappa shape index (κ2) is 11.0. The molecule has 2 aliphatic rings. The molecule has 0 saturated heterocycles. The fraction of sp³-hybridized carbons (Fsp3) is 0.357. The molecule has 0 unspecified atom stereocenters. The van der Waals surface area contributed by atoms with E-state index in [1.165, 1.54) is 36.0 Å². The molecular weight excluding hydrogens is 612 g/mol. The molecule has 2 N–H and O–H groups in total. The Labute approximate surface area is 250 Å². The molecule has 2 amide bonds. The highest BCUT2D eigenvalue weighted by Gasteiger charge is 2.51. The van der Waals surface area contributed by atoms with Crippen LogP contribution in [0, 0.1) is 11.7 Å². The van der Waals surface area contributed by atoms with Gasteiger partial charge in [-0.05, 0) is 49.8 Å². The van der Waals surface area contributed by atoms with Gasteiger partial charge in [-0.15, -0.1) is 13.2 Å². The number of ether oxygens (including phenoxy) is 2. The smallest absolute Gasteiger partial charge is 0.423 e. The Bertz CT molecular complexity index is 1810. The molecule has 1 aromatic carbocycles. The molecule has 1 saturated carbocycles. The van der Waals surface area contributed by atoms with E-state index in [1.807, 2.05) is 0 Å². The average molecular weight is 636 g/mol. The van der Waals surface area contributed by atoms with Crippen molar-refractivity contribution < 1.29 is 45.4 Å². The van der Waals surface area contributed by atoms with E-state index in [4.69, 9.17) is 10.5 Å². The number of hydrogen-bond acceptors (Lipinski definition) is 8. The number of primary amides is 1. The van der Waals surface area contributed by atoms with Crippen LogP contribution >= 0.6 is 0 Å². The Hall–Kier alpha value is -4.80. The van der Waals surface area contributed by atoms with Gasteiger partial charge in [-0.2, -0.15) is 13.9 Å². The van der Waals surface area contributed by atoms with Crippen molar-refractivity contribution in [1.29, 1.82) is 0 Å². The number of hydrogen-bond donors (Lipinski definition) is 1. The number of alkyl halides is 5. The van der Waals surface area contributed by atoms with E-state index < -0.39 is 55.0 Å². The van der Waals surface area contributed by atoms with E-state index in [1.54, 1.807) is 0 Å². The summed E-state index contributed by atoms with van der Waals surface area (Å²) in [6.07, 6.45) is -4.19. The molecule has 0 spiro atoms. The summed E-state index contributed by atoms with van der Waals surface area (Å²) in [7, 11) is 0. The zero-order valence-corrected chi connectivity index (χ0v) is 23.3. The lowest BCUT2D eigenvalue weighted by molar-refractivity contribution is -0.327. The number of pyridine rings is 1. The number of benzene rings is 1. The third-order valence-electron chi connectivity index (χ3n) is 7.39. The lowest BCUT2D eigenvalue weighted by atomic mass is 9.93. The molecule has 0 bridgehead atoms. The average Bonchev–Trinajstić information content (AvgIpc) is 3.69. The molecule has 1 aliphatic carbocycles. The minimum absolute atomic E-state index is 0.0108. The van der Waals surface area contributed by atoms with Crippen LogP contribution in [0.5, 0.6) is 5.75 Å². The van der Waals surface area contributed by atoms with E-state index in [-0.39, 0.29) is 50.8 Å². The number of nitrogens with zero attached hydrogens (tertiary/aromatic N) is 6. The fourth-order valence-corrected chi connectivity index (χ4v) is 5.16. The van der Waals surface area contributed by atoms with Gasteiger partial charge in [0.2, 0.25) is 0 Å². The first-order chi connectivity index (χ1) is 21.2. The highest BCUT2D eigenvalue weighted by molar-refractivity contribution is 6.09. The Kier molecular flexibility index (Phi) is 7.37. The maximum atomic E-state index is 14.8. The van der Waals surface area contributed by atoms with Gasteiger partial charge in [0.1, 0.15) is 5.82 Å². The molecule has 11 nitrogen and oxygen atoms in total. The summed E-state index contributed by atoms with van der Waals surface area (Å²) in [5.74, 6) is -3.70. The minimum atomic E-state index is -4.88. The van der Waals surface area contributed by atoms with Crippen LogP contribution in [0.2, 0.25) is 0 Å². The molecule has 1 atom stereocenters. The molecule has 236 valence electrons. The summed E-state index contributed by atoms with van der Waals surface area (Å²) in [5.41, 5.74) is 6.44. The summed E-state index contributed by atoms with van der Waals surface area (Å²) in [6.45, 7) is 0.121. The summed E-state index contributed by atoms with van der Waals surface area (Å²) < 4.78 is 91.3. The third-order valence-corrected chi connectivity index (χ3v) is 7.39. The standard InChI is InChI=1S/C28H23F6N7O4/c1-13(12-44-28(32,33)34)41-25-17(10-38-41)22(23(24(35)42)18(39-25)6-14-2-3-14)15-4-5-19-20(7-15)45-27(30,31)26(43)40(19)11-21-36-8-16(29)9-37-21/h4-5,7-10,13-14H,2-3,6,11-12H2,1H3,(H2,35,42)/t13-/m1/s1. The second-order valence-corrected chi connectivity index (χ2v) is 10.8. The molecule has 4 heterocycles. The highest BCUT2D eigenvalue weighted by Crippen LogP contribution is 2.45. The molecule has 45 heavy (non-hydrogen) atoms. The summed E-state index contributed by atoms with van der Waals surface area (Å²) in [4.78, 5) is 38.3. The first-order valence-corrected chi connectivity index (χ1v) is 13.6. The van der Waals surface area contributed by atoms with E-state index in [0.29, 0.717) is 11.3 Å². The lowest BCUT2D eigenvalue weighted by Crippen LogP contribution is -2.50. The summed E-state index contributed by atoms with van der Waals surface area (Å²) in [5, 5.41) is 4.42. The fourth-order valence-electron chi connectivity index (χ4n) is 5.16. The van der Waals surface area contributed by atoms with Crippen molar-refractivity contribution in [2.75, 3.05) is 11.5 Å². The second-order valence-electron chi connectivity index (χ2n) is 10.8. The van der Waals surface area contributed by atoms with Crippen molar-refractivity contribution in [3.05, 3.63) is 59.7 Å². The van der Waals surface area contributed by atoms with Crippen molar-refractivity contribution >= 4 is 28.5 Å². The highest BCUT2D eigenvalue weighted by atomic mass is 19.4. The monoisotopic (exact) mass is 635 g/mol. The Morgan fingerprint density at radius 3 is 2.56 bits per heavy atom. The maximum Gasteiger partial charge on any atom is 0.522 e. The number of carbonyl (C=O) groups is 2. The van der Waals surface area contributed by atoms with Crippen LogP contribution in [0.25, 0.3) is 22.2 Å². The molecule has 6 rings (SSSR count). The number of anilines is 1. The van der Waals surface area contributed by atoms with Crippen molar-refractivity contribution in [2.24, 2.45) is 11.7 Å². The maximum absolute atomic E-state index is 14.8. The zero-order chi connectivity index (χ0) is 32.3. The van der Waals surface area contributed by atoms with E-state index in [9.17, 15) is 35.9 Å². The van der Waals surface area contributed by atoms with Crippen LogP contribution in [0.4, 0.5) is 32.0 Å². The van der Waals surface area contributed by atoms with Gasteiger partial charge < -0.3 is 10.5 Å². The molecule has 4 aromatic rings. The van der Waals surface area contributed by atoms with E-state index in [2.05, 4.69) is 24.8 Å². The van der Waals surface area contributed by atoms with Crippen LogP contribution < -0.4 is 15.4 Å². The van der Waals surface area contributed by atoms with Gasteiger partial charge in [-0.3, -0.25) is 19.2 Å². The van der Waals surface area contributed by atoms with Gasteiger partial charge in [0.25, 0.3) is 5.91 Å². The first kappa shape index (κ1) is 30.2. The number of carbonyl (C=O) groups excluding carboxylic acids is 2. The Morgan fingerprint density at radius 1 is 1.20 bits per heavy atom.